The van der Waals surface area contributed by atoms with Crippen molar-refractivity contribution in [1.82, 2.24) is 9.97 Å². The highest BCUT2D eigenvalue weighted by Gasteiger charge is 2.34. The zero-order chi connectivity index (χ0) is 15.1. The molecule has 0 fully saturated rings. The molecular formula is C12H8F6N2. The number of H-pyrrole nitrogens is 1. The van der Waals surface area contributed by atoms with Crippen molar-refractivity contribution in [3.8, 4) is 11.4 Å². The van der Waals surface area contributed by atoms with Crippen LogP contribution < -0.4 is 0 Å². The molecule has 108 valence electrons. The number of rotatable bonds is 1. The van der Waals surface area contributed by atoms with Crippen LogP contribution in [0.2, 0.25) is 0 Å². The van der Waals surface area contributed by atoms with Crippen molar-refractivity contribution in [2.75, 3.05) is 0 Å². The van der Waals surface area contributed by atoms with Crippen LogP contribution in [0.25, 0.3) is 11.4 Å². The van der Waals surface area contributed by atoms with Crippen LogP contribution in [-0.2, 0) is 12.4 Å². The Balaban J connectivity index is 2.40. The van der Waals surface area contributed by atoms with E-state index in [9.17, 15) is 26.3 Å². The van der Waals surface area contributed by atoms with E-state index in [4.69, 9.17) is 0 Å². The fourth-order valence-electron chi connectivity index (χ4n) is 1.74. The lowest BCUT2D eigenvalue weighted by Gasteiger charge is -2.10. The summed E-state index contributed by atoms with van der Waals surface area (Å²) in [5.74, 6) is -0.130. The summed E-state index contributed by atoms with van der Waals surface area (Å²) in [6.45, 7) is 1.24. The molecule has 0 aliphatic heterocycles. The van der Waals surface area contributed by atoms with Crippen LogP contribution in [0.15, 0.2) is 24.4 Å². The van der Waals surface area contributed by atoms with Crippen LogP contribution >= 0.6 is 0 Å². The van der Waals surface area contributed by atoms with E-state index >= 15 is 0 Å². The first kappa shape index (κ1) is 14.4. The molecular weight excluding hydrogens is 286 g/mol. The molecule has 0 saturated carbocycles. The summed E-state index contributed by atoms with van der Waals surface area (Å²) >= 11 is 0. The van der Waals surface area contributed by atoms with Crippen molar-refractivity contribution in [1.29, 1.82) is 0 Å². The van der Waals surface area contributed by atoms with Crippen LogP contribution in [0, 0.1) is 6.92 Å². The number of nitrogens with one attached hydrogen (secondary N) is 1. The van der Waals surface area contributed by atoms with Crippen LogP contribution in [-0.4, -0.2) is 9.97 Å². The Morgan fingerprint density at radius 3 is 2.10 bits per heavy atom. The molecule has 2 nitrogen and oxygen atoms in total. The summed E-state index contributed by atoms with van der Waals surface area (Å²) in [5, 5.41) is 0. The third-order valence-electron chi connectivity index (χ3n) is 2.67. The number of imidazole rings is 1. The van der Waals surface area contributed by atoms with Gasteiger partial charge in [-0.3, -0.25) is 0 Å². The topological polar surface area (TPSA) is 28.7 Å². The third-order valence-corrected chi connectivity index (χ3v) is 2.67. The van der Waals surface area contributed by atoms with Crippen molar-refractivity contribution in [3.05, 3.63) is 41.2 Å². The first-order chi connectivity index (χ1) is 9.09. The summed E-state index contributed by atoms with van der Waals surface area (Å²) in [5.41, 5.74) is -1.88. The van der Waals surface area contributed by atoms with Gasteiger partial charge in [0.1, 0.15) is 5.82 Å². The second kappa shape index (κ2) is 4.53. The van der Waals surface area contributed by atoms with Crippen LogP contribution in [0.1, 0.15) is 16.8 Å². The van der Waals surface area contributed by atoms with Gasteiger partial charge in [0.15, 0.2) is 5.69 Å². The molecule has 1 aromatic heterocycles. The molecule has 1 aromatic carbocycles. The van der Waals surface area contributed by atoms with Crippen LogP contribution in [0.5, 0.6) is 0 Å². The maximum Gasteiger partial charge on any atom is 0.434 e. The number of halogens is 6. The molecule has 0 aliphatic rings. The Kier molecular flexibility index (Phi) is 3.27. The number of benzene rings is 1. The highest BCUT2D eigenvalue weighted by Crippen LogP contribution is 2.34. The highest BCUT2D eigenvalue weighted by molar-refractivity contribution is 5.58. The zero-order valence-corrected chi connectivity index (χ0v) is 10.0. The lowest BCUT2D eigenvalue weighted by atomic mass is 10.0. The SMILES string of the molecule is Cc1cc(-c2nc(C(F)(F)F)c[nH]2)ccc1C(F)(F)F. The first-order valence-electron chi connectivity index (χ1n) is 5.40. The van der Waals surface area contributed by atoms with E-state index in [0.717, 1.165) is 18.2 Å². The Hall–Kier alpha value is -1.99. The van der Waals surface area contributed by atoms with Gasteiger partial charge in [-0.2, -0.15) is 26.3 Å². The van der Waals surface area contributed by atoms with E-state index in [0.29, 0.717) is 6.20 Å². The predicted molar refractivity (Wildman–Crippen MR) is 58.8 cm³/mol. The zero-order valence-electron chi connectivity index (χ0n) is 10.0. The van der Waals surface area contributed by atoms with E-state index in [1.807, 2.05) is 0 Å². The number of hydrogen-bond acceptors (Lipinski definition) is 1. The van der Waals surface area contributed by atoms with Gasteiger partial charge in [0.2, 0.25) is 0 Å². The molecule has 0 radical (unpaired) electrons. The van der Waals surface area contributed by atoms with Gasteiger partial charge in [0.05, 0.1) is 5.56 Å². The molecule has 0 aliphatic carbocycles. The largest absolute Gasteiger partial charge is 0.434 e. The Morgan fingerprint density at radius 1 is 1.00 bits per heavy atom. The Labute approximate surface area is 109 Å². The predicted octanol–water partition coefficient (Wildman–Crippen LogP) is 4.42. The molecule has 20 heavy (non-hydrogen) atoms. The number of hydrogen-bond donors (Lipinski definition) is 1. The van der Waals surface area contributed by atoms with Gasteiger partial charge in [-0.15, -0.1) is 0 Å². The monoisotopic (exact) mass is 294 g/mol. The van der Waals surface area contributed by atoms with Crippen molar-refractivity contribution in [3.63, 3.8) is 0 Å². The number of alkyl halides is 6. The van der Waals surface area contributed by atoms with E-state index < -0.39 is 23.6 Å². The molecule has 1 heterocycles. The smallest absolute Gasteiger partial charge is 0.344 e. The van der Waals surface area contributed by atoms with Gasteiger partial charge in [0, 0.05) is 11.8 Å². The minimum Gasteiger partial charge on any atom is -0.344 e. The molecule has 2 aromatic rings. The van der Waals surface area contributed by atoms with Crippen molar-refractivity contribution < 1.29 is 26.3 Å². The minimum absolute atomic E-state index is 0.0834. The third kappa shape index (κ3) is 2.78. The van der Waals surface area contributed by atoms with E-state index in [1.54, 1.807) is 0 Å². The first-order valence-corrected chi connectivity index (χ1v) is 5.40. The average Bonchev–Trinajstić information content (AvgIpc) is 2.75. The number of aromatic amines is 1. The second-order valence-electron chi connectivity index (χ2n) is 4.16. The van der Waals surface area contributed by atoms with Gasteiger partial charge in [-0.05, 0) is 24.6 Å². The van der Waals surface area contributed by atoms with Gasteiger partial charge in [-0.1, -0.05) is 6.07 Å². The molecule has 0 amide bonds. The Bertz CT molecular complexity index is 624. The molecule has 0 unspecified atom stereocenters. The van der Waals surface area contributed by atoms with Gasteiger partial charge >= 0.3 is 12.4 Å². The molecule has 2 rings (SSSR count). The summed E-state index contributed by atoms with van der Waals surface area (Å²) in [7, 11) is 0. The second-order valence-corrected chi connectivity index (χ2v) is 4.16. The highest BCUT2D eigenvalue weighted by atomic mass is 19.4. The van der Waals surface area contributed by atoms with Crippen LogP contribution in [0.3, 0.4) is 0 Å². The summed E-state index contributed by atoms with van der Waals surface area (Å²) in [6.07, 6.45) is -8.43. The van der Waals surface area contributed by atoms with E-state index in [-0.39, 0.29) is 17.0 Å². The molecule has 1 N–H and O–H groups in total. The van der Waals surface area contributed by atoms with E-state index in [2.05, 4.69) is 9.97 Å². The van der Waals surface area contributed by atoms with Crippen LogP contribution in [0.4, 0.5) is 26.3 Å². The Morgan fingerprint density at radius 2 is 1.65 bits per heavy atom. The summed E-state index contributed by atoms with van der Waals surface area (Å²) in [6, 6.07) is 3.04. The number of aromatic nitrogens is 2. The normalized spacial score (nSPS) is 12.8. The van der Waals surface area contributed by atoms with Gasteiger partial charge in [-0.25, -0.2) is 4.98 Å². The summed E-state index contributed by atoms with van der Waals surface area (Å²) < 4.78 is 74.9. The molecule has 8 heteroatoms. The van der Waals surface area contributed by atoms with Gasteiger partial charge < -0.3 is 4.98 Å². The maximum atomic E-state index is 12.6. The lowest BCUT2D eigenvalue weighted by molar-refractivity contribution is -0.141. The molecule has 0 atom stereocenters. The molecule has 0 saturated heterocycles. The van der Waals surface area contributed by atoms with E-state index in [1.165, 1.54) is 6.92 Å². The number of aryl methyl sites for hydroxylation is 1. The quantitative estimate of drug-likeness (QED) is 0.775. The molecule has 0 bridgehead atoms. The van der Waals surface area contributed by atoms with Gasteiger partial charge in [0.25, 0.3) is 0 Å². The van der Waals surface area contributed by atoms with Crippen molar-refractivity contribution >= 4 is 0 Å². The molecule has 0 spiro atoms. The average molecular weight is 294 g/mol. The number of nitrogens with zero attached hydrogens (tertiary/aromatic N) is 1. The summed E-state index contributed by atoms with van der Waals surface area (Å²) in [4.78, 5) is 5.62. The van der Waals surface area contributed by atoms with Crippen molar-refractivity contribution in [2.45, 2.75) is 19.3 Å². The van der Waals surface area contributed by atoms with Crippen molar-refractivity contribution in [2.24, 2.45) is 0 Å². The fourth-order valence-corrected chi connectivity index (χ4v) is 1.74. The lowest BCUT2D eigenvalue weighted by Crippen LogP contribution is -2.07. The maximum absolute atomic E-state index is 12.6. The fraction of sp³-hybridized carbons (Fsp3) is 0.250. The minimum atomic E-state index is -4.60. The standard InChI is InChI=1S/C12H8F6N2/c1-6-4-7(2-3-8(6)11(13,14)15)10-19-5-9(20-10)12(16,17)18/h2-5H,1H3,(H,19,20).